The van der Waals surface area contributed by atoms with Gasteiger partial charge in [-0.25, -0.2) is 0 Å². The minimum atomic E-state index is 0.0378. The first-order valence-corrected chi connectivity index (χ1v) is 9.05. The van der Waals surface area contributed by atoms with Crippen LogP contribution in [-0.2, 0) is 13.0 Å². The third-order valence-corrected chi connectivity index (χ3v) is 4.86. The lowest BCUT2D eigenvalue weighted by molar-refractivity contribution is 0.0842. The predicted octanol–water partition coefficient (Wildman–Crippen LogP) is 4.93. The van der Waals surface area contributed by atoms with Gasteiger partial charge in [0.05, 0.1) is 13.7 Å². The molecule has 1 amide bonds. The molecule has 1 heterocycles. The number of carbonyl (C=O) groups excluding carboxylic acids is 1. The standard InChI is InChI=1S/C24H21NO2/c1-27-23-14-8-5-11-19(23)17-25-22(16-15-18-9-3-2-4-10-18)20-12-6-7-13-21(20)24(25)26/h2-14,16H,15,17H2,1H3/b22-16+. The lowest BCUT2D eigenvalue weighted by Gasteiger charge is -2.20. The van der Waals surface area contributed by atoms with Crippen LogP contribution >= 0.6 is 0 Å². The van der Waals surface area contributed by atoms with Crippen LogP contribution < -0.4 is 4.74 Å². The highest BCUT2D eigenvalue weighted by atomic mass is 16.5. The minimum absolute atomic E-state index is 0.0378. The molecule has 4 rings (SSSR count). The Kier molecular flexibility index (Phi) is 4.75. The summed E-state index contributed by atoms with van der Waals surface area (Å²) in [5.74, 6) is 0.833. The van der Waals surface area contributed by atoms with E-state index in [-0.39, 0.29) is 5.91 Å². The highest BCUT2D eigenvalue weighted by molar-refractivity contribution is 6.09. The zero-order valence-corrected chi connectivity index (χ0v) is 15.3. The van der Waals surface area contributed by atoms with Crippen molar-refractivity contribution in [2.75, 3.05) is 7.11 Å². The van der Waals surface area contributed by atoms with Gasteiger partial charge in [-0.1, -0.05) is 72.8 Å². The summed E-state index contributed by atoms with van der Waals surface area (Å²) in [4.78, 5) is 14.9. The van der Waals surface area contributed by atoms with E-state index in [1.54, 1.807) is 7.11 Å². The lowest BCUT2D eigenvalue weighted by Crippen LogP contribution is -2.23. The number of ether oxygens (including phenoxy) is 1. The van der Waals surface area contributed by atoms with Crippen LogP contribution in [0, 0.1) is 0 Å². The van der Waals surface area contributed by atoms with Crippen molar-refractivity contribution in [3.8, 4) is 5.75 Å². The fraction of sp³-hybridized carbons (Fsp3) is 0.125. The molecule has 0 unspecified atom stereocenters. The fourth-order valence-electron chi connectivity index (χ4n) is 3.50. The van der Waals surface area contributed by atoms with E-state index in [0.717, 1.165) is 34.6 Å². The lowest BCUT2D eigenvalue weighted by atomic mass is 10.1. The van der Waals surface area contributed by atoms with Crippen molar-refractivity contribution < 1.29 is 9.53 Å². The van der Waals surface area contributed by atoms with Gasteiger partial charge in [0.2, 0.25) is 0 Å². The van der Waals surface area contributed by atoms with Crippen LogP contribution in [0.4, 0.5) is 0 Å². The molecule has 1 aliphatic heterocycles. The molecule has 27 heavy (non-hydrogen) atoms. The van der Waals surface area contributed by atoms with E-state index in [4.69, 9.17) is 4.74 Å². The summed E-state index contributed by atoms with van der Waals surface area (Å²) >= 11 is 0. The van der Waals surface area contributed by atoms with E-state index in [0.29, 0.717) is 6.54 Å². The highest BCUT2D eigenvalue weighted by Gasteiger charge is 2.32. The van der Waals surface area contributed by atoms with Gasteiger partial charge in [0.15, 0.2) is 0 Å². The minimum Gasteiger partial charge on any atom is -0.496 e. The molecule has 134 valence electrons. The summed E-state index contributed by atoms with van der Waals surface area (Å²) < 4.78 is 5.48. The van der Waals surface area contributed by atoms with E-state index < -0.39 is 0 Å². The average molecular weight is 355 g/mol. The first-order valence-electron chi connectivity index (χ1n) is 9.05. The number of carbonyl (C=O) groups is 1. The first-order chi connectivity index (χ1) is 13.3. The van der Waals surface area contributed by atoms with Crippen molar-refractivity contribution in [1.29, 1.82) is 0 Å². The molecular weight excluding hydrogens is 334 g/mol. The largest absolute Gasteiger partial charge is 0.496 e. The van der Waals surface area contributed by atoms with Gasteiger partial charge in [-0.2, -0.15) is 0 Å². The smallest absolute Gasteiger partial charge is 0.259 e. The van der Waals surface area contributed by atoms with Crippen LogP contribution in [0.15, 0.2) is 84.9 Å². The molecule has 0 saturated heterocycles. The van der Waals surface area contributed by atoms with Crippen molar-refractivity contribution in [1.82, 2.24) is 4.90 Å². The molecule has 3 aromatic carbocycles. The third kappa shape index (κ3) is 3.36. The van der Waals surface area contributed by atoms with Crippen LogP contribution in [0.2, 0.25) is 0 Å². The van der Waals surface area contributed by atoms with Crippen molar-refractivity contribution in [2.24, 2.45) is 0 Å². The second kappa shape index (κ2) is 7.50. The maximum Gasteiger partial charge on any atom is 0.259 e. The Labute approximate surface area is 159 Å². The number of methoxy groups -OCH3 is 1. The number of allylic oxidation sites excluding steroid dienone is 1. The number of para-hydroxylation sites is 1. The number of nitrogens with zero attached hydrogens (tertiary/aromatic N) is 1. The molecule has 0 aromatic heterocycles. The topological polar surface area (TPSA) is 29.5 Å². The highest BCUT2D eigenvalue weighted by Crippen LogP contribution is 2.35. The van der Waals surface area contributed by atoms with Gasteiger partial charge in [0.25, 0.3) is 5.91 Å². The second-order valence-electron chi connectivity index (χ2n) is 6.53. The Balaban J connectivity index is 1.71. The summed E-state index contributed by atoms with van der Waals surface area (Å²) in [6.45, 7) is 0.484. The van der Waals surface area contributed by atoms with Crippen molar-refractivity contribution in [2.45, 2.75) is 13.0 Å². The maximum absolute atomic E-state index is 13.1. The van der Waals surface area contributed by atoms with E-state index in [9.17, 15) is 4.79 Å². The van der Waals surface area contributed by atoms with Gasteiger partial charge >= 0.3 is 0 Å². The summed E-state index contributed by atoms with van der Waals surface area (Å²) in [6, 6.07) is 25.9. The second-order valence-corrected chi connectivity index (χ2v) is 6.53. The maximum atomic E-state index is 13.1. The Morgan fingerprint density at radius 1 is 0.852 bits per heavy atom. The van der Waals surface area contributed by atoms with E-state index in [1.807, 2.05) is 71.6 Å². The molecule has 3 heteroatoms. The van der Waals surface area contributed by atoms with Crippen molar-refractivity contribution in [3.05, 3.63) is 107 Å². The van der Waals surface area contributed by atoms with Gasteiger partial charge in [0, 0.05) is 22.4 Å². The molecule has 0 radical (unpaired) electrons. The summed E-state index contributed by atoms with van der Waals surface area (Å²) in [6.07, 6.45) is 2.93. The molecule has 1 aliphatic rings. The Morgan fingerprint density at radius 3 is 2.30 bits per heavy atom. The molecule has 3 aromatic rings. The third-order valence-electron chi connectivity index (χ3n) is 4.86. The van der Waals surface area contributed by atoms with Crippen LogP contribution in [0.1, 0.15) is 27.0 Å². The first kappa shape index (κ1) is 17.1. The quantitative estimate of drug-likeness (QED) is 0.649. The Hall–Kier alpha value is -3.33. The van der Waals surface area contributed by atoms with Gasteiger partial charge in [-0.15, -0.1) is 0 Å². The van der Waals surface area contributed by atoms with Crippen LogP contribution in [0.25, 0.3) is 5.70 Å². The van der Waals surface area contributed by atoms with Crippen LogP contribution in [-0.4, -0.2) is 17.9 Å². The molecule has 0 fully saturated rings. The van der Waals surface area contributed by atoms with Gasteiger partial charge < -0.3 is 9.64 Å². The van der Waals surface area contributed by atoms with E-state index in [2.05, 4.69) is 18.2 Å². The van der Waals surface area contributed by atoms with E-state index in [1.165, 1.54) is 5.56 Å². The average Bonchev–Trinajstić information content (AvgIpc) is 2.99. The van der Waals surface area contributed by atoms with Gasteiger partial charge in [-0.05, 0) is 24.1 Å². The zero-order chi connectivity index (χ0) is 18.6. The summed E-state index contributed by atoms with van der Waals surface area (Å²) in [5.41, 5.74) is 4.93. The molecule has 0 saturated carbocycles. The van der Waals surface area contributed by atoms with Gasteiger partial charge in [-0.3, -0.25) is 4.79 Å². The summed E-state index contributed by atoms with van der Waals surface area (Å²) in [7, 11) is 1.66. The molecular formula is C24H21NO2. The molecule has 3 nitrogen and oxygen atoms in total. The monoisotopic (exact) mass is 355 g/mol. The molecule has 0 N–H and O–H groups in total. The normalized spacial score (nSPS) is 14.5. The number of benzene rings is 3. The molecule has 0 atom stereocenters. The fourth-order valence-corrected chi connectivity index (χ4v) is 3.50. The SMILES string of the molecule is COc1ccccc1CN1C(=O)c2ccccc2/C1=C\Cc1ccccc1. The Morgan fingerprint density at radius 2 is 1.52 bits per heavy atom. The van der Waals surface area contributed by atoms with Crippen LogP contribution in [0.3, 0.4) is 0 Å². The van der Waals surface area contributed by atoms with Gasteiger partial charge in [0.1, 0.15) is 5.75 Å². The zero-order valence-electron chi connectivity index (χ0n) is 15.3. The molecule has 0 aliphatic carbocycles. The van der Waals surface area contributed by atoms with Crippen molar-refractivity contribution in [3.63, 3.8) is 0 Å². The van der Waals surface area contributed by atoms with Crippen LogP contribution in [0.5, 0.6) is 5.75 Å². The number of hydrogen-bond acceptors (Lipinski definition) is 2. The summed E-state index contributed by atoms with van der Waals surface area (Å²) in [5, 5.41) is 0. The predicted molar refractivity (Wildman–Crippen MR) is 107 cm³/mol. The number of amides is 1. The number of hydrogen-bond donors (Lipinski definition) is 0. The Bertz CT molecular complexity index is 992. The molecule has 0 spiro atoms. The molecule has 0 bridgehead atoms. The number of rotatable bonds is 5. The van der Waals surface area contributed by atoms with Crippen molar-refractivity contribution >= 4 is 11.6 Å². The number of fused-ring (bicyclic) bond motifs is 1. The van der Waals surface area contributed by atoms with E-state index >= 15 is 0 Å².